The van der Waals surface area contributed by atoms with Crippen LogP contribution >= 0.6 is 0 Å². The number of hydrogen-bond acceptors (Lipinski definition) is 4. The minimum absolute atomic E-state index is 0.127. The van der Waals surface area contributed by atoms with E-state index in [-0.39, 0.29) is 23.8 Å². The molecule has 3 fully saturated rings. The second-order valence-electron chi connectivity index (χ2n) is 8.34. The van der Waals surface area contributed by atoms with Gasteiger partial charge < -0.3 is 15.0 Å². The van der Waals surface area contributed by atoms with E-state index in [1.54, 1.807) is 6.92 Å². The Morgan fingerprint density at radius 1 is 1.14 bits per heavy atom. The molecular formula is C21H27N3O4. The molecule has 1 N–H and O–H groups in total. The molecule has 3 aliphatic rings. The normalized spacial score (nSPS) is 27.2. The maximum absolute atomic E-state index is 13.0. The molecule has 3 aliphatic heterocycles. The molecule has 3 heterocycles. The first-order chi connectivity index (χ1) is 13.4. The van der Waals surface area contributed by atoms with Crippen LogP contribution in [0.2, 0.25) is 0 Å². The van der Waals surface area contributed by atoms with Gasteiger partial charge in [-0.1, -0.05) is 30.3 Å². The summed E-state index contributed by atoms with van der Waals surface area (Å²) in [4.78, 5) is 41.3. The summed E-state index contributed by atoms with van der Waals surface area (Å²) in [5.41, 5.74) is -0.299. The highest BCUT2D eigenvalue weighted by atomic mass is 16.5. The van der Waals surface area contributed by atoms with Gasteiger partial charge in [0.1, 0.15) is 12.1 Å². The molecule has 0 saturated carbocycles. The van der Waals surface area contributed by atoms with Crippen LogP contribution < -0.4 is 5.32 Å². The first-order valence-electron chi connectivity index (χ1n) is 9.99. The van der Waals surface area contributed by atoms with Crippen molar-refractivity contribution in [3.8, 4) is 0 Å². The van der Waals surface area contributed by atoms with Crippen molar-refractivity contribution in [3.63, 3.8) is 0 Å². The Hall–Kier alpha value is -2.41. The Labute approximate surface area is 165 Å². The third-order valence-electron chi connectivity index (χ3n) is 6.49. The van der Waals surface area contributed by atoms with Crippen molar-refractivity contribution in [1.29, 1.82) is 0 Å². The van der Waals surface area contributed by atoms with E-state index < -0.39 is 11.6 Å². The molecule has 0 bridgehead atoms. The van der Waals surface area contributed by atoms with Crippen molar-refractivity contribution >= 4 is 17.8 Å². The highest BCUT2D eigenvalue weighted by Gasteiger charge is 2.50. The van der Waals surface area contributed by atoms with Crippen LogP contribution in [0.1, 0.15) is 38.2 Å². The summed E-state index contributed by atoms with van der Waals surface area (Å²) < 4.78 is 5.48. The van der Waals surface area contributed by atoms with Gasteiger partial charge in [0.05, 0.1) is 0 Å². The largest absolute Gasteiger partial charge is 0.381 e. The number of benzene rings is 1. The van der Waals surface area contributed by atoms with Crippen LogP contribution in [0.25, 0.3) is 0 Å². The number of piperidine rings is 1. The maximum Gasteiger partial charge on any atom is 0.325 e. The standard InChI is InChI=1S/C21H27N3O4/c1-20(16-6-3-2-4-7-16)18(26)24(19(27)22-20)14-17(25)23-11-5-8-21(15-23)9-12-28-13-10-21/h2-4,6-7H,5,8-15H2,1H3,(H,22,27). The molecule has 1 aromatic rings. The zero-order valence-corrected chi connectivity index (χ0v) is 16.3. The van der Waals surface area contributed by atoms with Gasteiger partial charge in [-0.05, 0) is 43.6 Å². The van der Waals surface area contributed by atoms with E-state index >= 15 is 0 Å². The zero-order chi connectivity index (χ0) is 19.8. The smallest absolute Gasteiger partial charge is 0.325 e. The van der Waals surface area contributed by atoms with Gasteiger partial charge in [0.25, 0.3) is 5.91 Å². The molecule has 1 atom stereocenters. The number of carbonyl (C=O) groups is 3. The average Bonchev–Trinajstić information content (AvgIpc) is 2.93. The van der Waals surface area contributed by atoms with Crippen LogP contribution in [-0.2, 0) is 19.9 Å². The number of likely N-dealkylation sites (tertiary alicyclic amines) is 1. The minimum atomic E-state index is -1.14. The predicted molar refractivity (Wildman–Crippen MR) is 102 cm³/mol. The molecule has 28 heavy (non-hydrogen) atoms. The van der Waals surface area contributed by atoms with Crippen molar-refractivity contribution in [1.82, 2.24) is 15.1 Å². The van der Waals surface area contributed by atoms with E-state index in [0.29, 0.717) is 18.7 Å². The van der Waals surface area contributed by atoms with Gasteiger partial charge in [-0.25, -0.2) is 4.79 Å². The van der Waals surface area contributed by atoms with Crippen molar-refractivity contribution < 1.29 is 19.1 Å². The number of nitrogens with one attached hydrogen (secondary N) is 1. The predicted octanol–water partition coefficient (Wildman–Crippen LogP) is 1.87. The second-order valence-corrected chi connectivity index (χ2v) is 8.34. The van der Waals surface area contributed by atoms with Gasteiger partial charge in [-0.2, -0.15) is 0 Å². The highest BCUT2D eigenvalue weighted by molar-refractivity contribution is 6.09. The summed E-state index contributed by atoms with van der Waals surface area (Å²) in [6.07, 6.45) is 3.99. The van der Waals surface area contributed by atoms with Crippen molar-refractivity contribution in [2.24, 2.45) is 5.41 Å². The summed E-state index contributed by atoms with van der Waals surface area (Å²) in [6.45, 7) is 4.33. The van der Waals surface area contributed by atoms with Crippen LogP contribution in [0, 0.1) is 5.41 Å². The van der Waals surface area contributed by atoms with Gasteiger partial charge in [-0.3, -0.25) is 14.5 Å². The van der Waals surface area contributed by atoms with Gasteiger partial charge in [0, 0.05) is 26.3 Å². The van der Waals surface area contributed by atoms with E-state index in [4.69, 9.17) is 4.74 Å². The molecule has 7 nitrogen and oxygen atoms in total. The maximum atomic E-state index is 13.0. The lowest BCUT2D eigenvalue weighted by Crippen LogP contribution is -2.51. The summed E-state index contributed by atoms with van der Waals surface area (Å²) in [7, 11) is 0. The number of amides is 4. The zero-order valence-electron chi connectivity index (χ0n) is 16.3. The lowest BCUT2D eigenvalue weighted by molar-refractivity contribution is -0.142. The van der Waals surface area contributed by atoms with Crippen LogP contribution in [0.15, 0.2) is 30.3 Å². The van der Waals surface area contributed by atoms with Gasteiger partial charge in [-0.15, -0.1) is 0 Å². The third-order valence-corrected chi connectivity index (χ3v) is 6.49. The van der Waals surface area contributed by atoms with Crippen LogP contribution in [0.3, 0.4) is 0 Å². The number of rotatable bonds is 3. The topological polar surface area (TPSA) is 79.0 Å². The fraction of sp³-hybridized carbons (Fsp3) is 0.571. The third kappa shape index (κ3) is 3.28. The number of imide groups is 1. The molecule has 4 amide bonds. The second kappa shape index (κ2) is 7.20. The number of hydrogen-bond donors (Lipinski definition) is 1. The summed E-state index contributed by atoms with van der Waals surface area (Å²) in [6, 6.07) is 8.62. The first-order valence-corrected chi connectivity index (χ1v) is 9.99. The molecular weight excluding hydrogens is 358 g/mol. The Morgan fingerprint density at radius 3 is 2.57 bits per heavy atom. The molecule has 150 valence electrons. The molecule has 4 rings (SSSR count). The Bertz CT molecular complexity index is 770. The molecule has 7 heteroatoms. The number of ether oxygens (including phenoxy) is 1. The first kappa shape index (κ1) is 18.9. The minimum Gasteiger partial charge on any atom is -0.381 e. The van der Waals surface area contributed by atoms with Crippen molar-refractivity contribution in [2.45, 2.75) is 38.1 Å². The Kier molecular flexibility index (Phi) is 4.87. The molecule has 1 unspecified atom stereocenters. The molecule has 1 aromatic carbocycles. The fourth-order valence-electron chi connectivity index (χ4n) is 4.68. The van der Waals surface area contributed by atoms with Gasteiger partial charge in [0.15, 0.2) is 0 Å². The van der Waals surface area contributed by atoms with Crippen LogP contribution in [-0.4, -0.2) is 60.5 Å². The van der Waals surface area contributed by atoms with E-state index in [1.165, 1.54) is 0 Å². The van der Waals surface area contributed by atoms with E-state index in [9.17, 15) is 14.4 Å². The number of carbonyl (C=O) groups excluding carboxylic acids is 3. The SMILES string of the molecule is CC1(c2ccccc2)NC(=O)N(CC(=O)N2CCCC3(CCOCC3)C2)C1=O. The number of nitrogens with zero attached hydrogens (tertiary/aromatic N) is 2. The Morgan fingerprint density at radius 2 is 1.86 bits per heavy atom. The van der Waals surface area contributed by atoms with Crippen LogP contribution in [0.4, 0.5) is 4.79 Å². The molecule has 0 aliphatic carbocycles. The van der Waals surface area contributed by atoms with Crippen molar-refractivity contribution in [3.05, 3.63) is 35.9 Å². The van der Waals surface area contributed by atoms with Gasteiger partial charge >= 0.3 is 6.03 Å². The molecule has 0 radical (unpaired) electrons. The summed E-state index contributed by atoms with van der Waals surface area (Å²) in [5, 5.41) is 2.76. The lowest BCUT2D eigenvalue weighted by Gasteiger charge is -2.45. The molecule has 0 aromatic heterocycles. The summed E-state index contributed by atoms with van der Waals surface area (Å²) in [5.74, 6) is -0.541. The average molecular weight is 385 g/mol. The van der Waals surface area contributed by atoms with Crippen LogP contribution in [0.5, 0.6) is 0 Å². The highest BCUT2D eigenvalue weighted by Crippen LogP contribution is 2.39. The molecule has 1 spiro atoms. The number of urea groups is 1. The Balaban J connectivity index is 1.46. The quantitative estimate of drug-likeness (QED) is 0.806. The van der Waals surface area contributed by atoms with Gasteiger partial charge in [0.2, 0.25) is 5.91 Å². The summed E-state index contributed by atoms with van der Waals surface area (Å²) >= 11 is 0. The van der Waals surface area contributed by atoms with Crippen molar-refractivity contribution in [2.75, 3.05) is 32.8 Å². The van der Waals surface area contributed by atoms with E-state index in [1.807, 2.05) is 35.2 Å². The van der Waals surface area contributed by atoms with E-state index in [2.05, 4.69) is 5.32 Å². The molecule has 3 saturated heterocycles. The monoisotopic (exact) mass is 385 g/mol. The fourth-order valence-corrected chi connectivity index (χ4v) is 4.68. The lowest BCUT2D eigenvalue weighted by atomic mass is 9.74. The van der Waals surface area contributed by atoms with E-state index in [0.717, 1.165) is 43.8 Å².